The molecule has 2 atom stereocenters. The summed E-state index contributed by atoms with van der Waals surface area (Å²) in [4.78, 5) is 2.61. The van der Waals surface area contributed by atoms with Crippen LogP contribution in [0.1, 0.15) is 26.2 Å². The van der Waals surface area contributed by atoms with E-state index < -0.39 is 0 Å². The third-order valence-corrected chi connectivity index (χ3v) is 3.27. The predicted molar refractivity (Wildman–Crippen MR) is 44.6 cm³/mol. The Hall–Kier alpha value is -0.0800. The predicted octanol–water partition coefficient (Wildman–Crippen LogP) is 1.26. The molecule has 2 rings (SSSR count). The van der Waals surface area contributed by atoms with Gasteiger partial charge >= 0.3 is 0 Å². The molecule has 2 aliphatic rings. The second-order valence-electron chi connectivity index (χ2n) is 4.01. The van der Waals surface area contributed by atoms with Gasteiger partial charge in [0, 0.05) is 18.7 Å². The SMILES string of the molecule is COC[C@]12CCCN1C(C)C2. The maximum atomic E-state index is 5.26. The van der Waals surface area contributed by atoms with Crippen LogP contribution in [0.3, 0.4) is 0 Å². The first-order valence-corrected chi connectivity index (χ1v) is 4.54. The molecular formula is C9H17NO. The average molecular weight is 155 g/mol. The molecular weight excluding hydrogens is 138 g/mol. The van der Waals surface area contributed by atoms with Gasteiger partial charge in [-0.3, -0.25) is 4.90 Å². The second-order valence-corrected chi connectivity index (χ2v) is 4.01. The van der Waals surface area contributed by atoms with Gasteiger partial charge in [0.05, 0.1) is 6.61 Å². The summed E-state index contributed by atoms with van der Waals surface area (Å²) in [6.07, 6.45) is 4.07. The lowest BCUT2D eigenvalue weighted by atomic mass is 9.80. The molecule has 0 amide bonds. The van der Waals surface area contributed by atoms with E-state index in [1.165, 1.54) is 25.8 Å². The summed E-state index contributed by atoms with van der Waals surface area (Å²) in [5.41, 5.74) is 0.466. The number of rotatable bonds is 2. The minimum Gasteiger partial charge on any atom is -0.383 e. The van der Waals surface area contributed by atoms with Crippen molar-refractivity contribution >= 4 is 0 Å². The van der Waals surface area contributed by atoms with Gasteiger partial charge in [0.1, 0.15) is 0 Å². The first-order chi connectivity index (χ1) is 5.28. The van der Waals surface area contributed by atoms with E-state index in [4.69, 9.17) is 4.74 Å². The zero-order chi connectivity index (χ0) is 7.90. The van der Waals surface area contributed by atoms with Crippen molar-refractivity contribution in [2.45, 2.75) is 37.8 Å². The molecule has 2 saturated heterocycles. The van der Waals surface area contributed by atoms with Crippen molar-refractivity contribution in [2.24, 2.45) is 0 Å². The maximum absolute atomic E-state index is 5.26. The van der Waals surface area contributed by atoms with Crippen LogP contribution < -0.4 is 0 Å². The van der Waals surface area contributed by atoms with Crippen molar-refractivity contribution in [3.63, 3.8) is 0 Å². The fraction of sp³-hybridized carbons (Fsp3) is 1.00. The van der Waals surface area contributed by atoms with E-state index >= 15 is 0 Å². The highest BCUT2D eigenvalue weighted by Crippen LogP contribution is 2.44. The van der Waals surface area contributed by atoms with Crippen molar-refractivity contribution in [3.8, 4) is 0 Å². The first kappa shape index (κ1) is 7.56. The summed E-state index contributed by atoms with van der Waals surface area (Å²) in [6.45, 7) is 4.56. The second kappa shape index (κ2) is 2.46. The van der Waals surface area contributed by atoms with Crippen molar-refractivity contribution in [3.05, 3.63) is 0 Å². The van der Waals surface area contributed by atoms with E-state index in [9.17, 15) is 0 Å². The van der Waals surface area contributed by atoms with Crippen molar-refractivity contribution in [1.82, 2.24) is 4.90 Å². The summed E-state index contributed by atoms with van der Waals surface area (Å²) in [5.74, 6) is 0. The van der Waals surface area contributed by atoms with Crippen LogP contribution in [0, 0.1) is 0 Å². The highest BCUT2D eigenvalue weighted by atomic mass is 16.5. The van der Waals surface area contributed by atoms with Gasteiger partial charge in [-0.25, -0.2) is 0 Å². The Morgan fingerprint density at radius 1 is 1.64 bits per heavy atom. The minimum absolute atomic E-state index is 0.466. The molecule has 2 heterocycles. The van der Waals surface area contributed by atoms with Gasteiger partial charge in [-0.15, -0.1) is 0 Å². The van der Waals surface area contributed by atoms with Crippen LogP contribution in [0.4, 0.5) is 0 Å². The normalized spacial score (nSPS) is 43.6. The zero-order valence-corrected chi connectivity index (χ0v) is 7.47. The smallest absolute Gasteiger partial charge is 0.0647 e. The molecule has 0 bridgehead atoms. The van der Waals surface area contributed by atoms with Crippen LogP contribution in [0.25, 0.3) is 0 Å². The molecule has 11 heavy (non-hydrogen) atoms. The average Bonchev–Trinajstić information content (AvgIpc) is 2.27. The number of ether oxygens (including phenoxy) is 1. The Balaban J connectivity index is 2.03. The number of nitrogens with zero attached hydrogens (tertiary/aromatic N) is 1. The fourth-order valence-electron chi connectivity index (χ4n) is 2.90. The van der Waals surface area contributed by atoms with E-state index in [0.717, 1.165) is 12.6 Å². The summed E-state index contributed by atoms with van der Waals surface area (Å²) in [6, 6.07) is 0.813. The molecule has 1 unspecified atom stereocenters. The van der Waals surface area contributed by atoms with Gasteiger partial charge in [0.15, 0.2) is 0 Å². The maximum Gasteiger partial charge on any atom is 0.0647 e. The van der Waals surface area contributed by atoms with Crippen molar-refractivity contribution in [2.75, 3.05) is 20.3 Å². The van der Waals surface area contributed by atoms with Gasteiger partial charge in [0.25, 0.3) is 0 Å². The third kappa shape index (κ3) is 0.926. The summed E-state index contributed by atoms with van der Waals surface area (Å²) in [5, 5.41) is 0. The lowest BCUT2D eigenvalue weighted by Crippen LogP contribution is -2.63. The Kier molecular flexibility index (Phi) is 1.69. The molecule has 2 fully saturated rings. The molecule has 0 aromatic carbocycles. The highest BCUT2D eigenvalue weighted by molar-refractivity contribution is 5.07. The molecule has 64 valence electrons. The topological polar surface area (TPSA) is 12.5 Å². The summed E-state index contributed by atoms with van der Waals surface area (Å²) >= 11 is 0. The Labute approximate surface area is 68.5 Å². The number of fused-ring (bicyclic) bond motifs is 1. The van der Waals surface area contributed by atoms with E-state index in [0.29, 0.717) is 5.54 Å². The minimum atomic E-state index is 0.466. The van der Waals surface area contributed by atoms with Gasteiger partial charge in [-0.1, -0.05) is 0 Å². The van der Waals surface area contributed by atoms with Crippen LogP contribution in [-0.2, 0) is 4.74 Å². The van der Waals surface area contributed by atoms with Gasteiger partial charge < -0.3 is 4.74 Å². The van der Waals surface area contributed by atoms with Crippen molar-refractivity contribution < 1.29 is 4.74 Å². The number of hydrogen-bond donors (Lipinski definition) is 0. The van der Waals surface area contributed by atoms with Crippen molar-refractivity contribution in [1.29, 1.82) is 0 Å². The Morgan fingerprint density at radius 2 is 2.45 bits per heavy atom. The Morgan fingerprint density at radius 3 is 3.09 bits per heavy atom. The summed E-state index contributed by atoms with van der Waals surface area (Å²) < 4.78 is 5.26. The lowest BCUT2D eigenvalue weighted by Gasteiger charge is -2.53. The third-order valence-electron chi connectivity index (χ3n) is 3.27. The highest BCUT2D eigenvalue weighted by Gasteiger charge is 2.52. The molecule has 0 aromatic rings. The van der Waals surface area contributed by atoms with Crippen LogP contribution in [0.15, 0.2) is 0 Å². The van der Waals surface area contributed by atoms with Gasteiger partial charge in [-0.2, -0.15) is 0 Å². The van der Waals surface area contributed by atoms with Gasteiger partial charge in [0.2, 0.25) is 0 Å². The summed E-state index contributed by atoms with van der Waals surface area (Å²) in [7, 11) is 1.81. The number of methoxy groups -OCH3 is 1. The van der Waals surface area contributed by atoms with Crippen LogP contribution in [-0.4, -0.2) is 36.7 Å². The van der Waals surface area contributed by atoms with E-state index in [-0.39, 0.29) is 0 Å². The van der Waals surface area contributed by atoms with Crippen LogP contribution >= 0.6 is 0 Å². The monoisotopic (exact) mass is 155 g/mol. The first-order valence-electron chi connectivity index (χ1n) is 4.54. The Bertz CT molecular complexity index is 156. The quantitative estimate of drug-likeness (QED) is 0.595. The standard InChI is InChI=1S/C9H17NO/c1-8-6-9(7-11-2)4-3-5-10(8)9/h8H,3-7H2,1-2H3/t8?,9-/m1/s1. The molecule has 0 N–H and O–H groups in total. The fourth-order valence-corrected chi connectivity index (χ4v) is 2.90. The molecule has 2 aliphatic heterocycles. The van der Waals surface area contributed by atoms with E-state index in [1.807, 2.05) is 7.11 Å². The molecule has 0 spiro atoms. The van der Waals surface area contributed by atoms with E-state index in [1.54, 1.807) is 0 Å². The van der Waals surface area contributed by atoms with Crippen LogP contribution in [0.2, 0.25) is 0 Å². The molecule has 2 heteroatoms. The lowest BCUT2D eigenvalue weighted by molar-refractivity contribution is -0.0741. The molecule has 0 radical (unpaired) electrons. The molecule has 0 aromatic heterocycles. The van der Waals surface area contributed by atoms with Crippen LogP contribution in [0.5, 0.6) is 0 Å². The molecule has 0 aliphatic carbocycles. The molecule has 2 nitrogen and oxygen atoms in total. The van der Waals surface area contributed by atoms with Gasteiger partial charge in [-0.05, 0) is 32.7 Å². The number of hydrogen-bond acceptors (Lipinski definition) is 2. The zero-order valence-electron chi connectivity index (χ0n) is 7.47. The largest absolute Gasteiger partial charge is 0.383 e. The van der Waals surface area contributed by atoms with E-state index in [2.05, 4.69) is 11.8 Å². The molecule has 0 saturated carbocycles.